The largest absolute Gasteiger partial charge is 0.377 e. The molecule has 2 heterocycles. The zero-order valence-corrected chi connectivity index (χ0v) is 25.1. The number of benzene rings is 2. The third kappa shape index (κ3) is 6.99. The predicted octanol–water partition coefficient (Wildman–Crippen LogP) is 3.03. The molecule has 0 aliphatic carbocycles. The van der Waals surface area contributed by atoms with Crippen molar-refractivity contribution in [1.29, 1.82) is 5.26 Å². The summed E-state index contributed by atoms with van der Waals surface area (Å²) in [7, 11) is -7.58. The van der Waals surface area contributed by atoms with E-state index in [0.29, 0.717) is 28.0 Å². The van der Waals surface area contributed by atoms with Gasteiger partial charge in [0.25, 0.3) is 5.91 Å². The first-order valence-corrected chi connectivity index (χ1v) is 16.2. The highest BCUT2D eigenvalue weighted by Crippen LogP contribution is 2.31. The molecule has 1 unspecified atom stereocenters. The van der Waals surface area contributed by atoms with Crippen molar-refractivity contribution in [2.75, 3.05) is 16.8 Å². The van der Waals surface area contributed by atoms with Gasteiger partial charge >= 0.3 is 0 Å². The van der Waals surface area contributed by atoms with Crippen LogP contribution in [0, 0.1) is 11.3 Å². The van der Waals surface area contributed by atoms with Crippen LogP contribution in [0.4, 0.5) is 5.95 Å². The van der Waals surface area contributed by atoms with Crippen LogP contribution in [0.2, 0.25) is 0 Å². The summed E-state index contributed by atoms with van der Waals surface area (Å²) < 4.78 is 54.0. The molecule has 0 bridgehead atoms. The second kappa shape index (κ2) is 11.6. The van der Waals surface area contributed by atoms with Crippen molar-refractivity contribution in [3.8, 4) is 17.2 Å². The Balaban J connectivity index is 1.60. The average molecular weight is 611 g/mol. The summed E-state index contributed by atoms with van der Waals surface area (Å²) >= 11 is 0. The molecular weight excluding hydrogens is 580 g/mol. The highest BCUT2D eigenvalue weighted by molar-refractivity contribution is 7.91. The summed E-state index contributed by atoms with van der Waals surface area (Å²) in [6, 6.07) is 14.9. The Kier molecular flexibility index (Phi) is 8.49. The number of sulfonamides is 1. The summed E-state index contributed by atoms with van der Waals surface area (Å²) in [5.74, 6) is -1.83. The molecule has 1 amide bonds. The van der Waals surface area contributed by atoms with Crippen LogP contribution in [0.5, 0.6) is 0 Å². The molecule has 3 aromatic rings. The van der Waals surface area contributed by atoms with E-state index >= 15 is 0 Å². The third-order valence-electron chi connectivity index (χ3n) is 6.22. The van der Waals surface area contributed by atoms with Crippen LogP contribution in [0.25, 0.3) is 11.1 Å². The molecule has 220 valence electrons. The van der Waals surface area contributed by atoms with Crippen LogP contribution < -0.4 is 10.0 Å². The lowest BCUT2D eigenvalue weighted by atomic mass is 9.94. The topological polar surface area (TPSA) is 181 Å². The molecule has 1 atom stereocenters. The van der Waals surface area contributed by atoms with Crippen molar-refractivity contribution in [3.63, 3.8) is 0 Å². The second-order valence-corrected chi connectivity index (χ2v) is 14.8. The van der Waals surface area contributed by atoms with Crippen molar-refractivity contribution < 1.29 is 26.5 Å². The van der Waals surface area contributed by atoms with Gasteiger partial charge in [0.2, 0.25) is 21.6 Å². The minimum absolute atomic E-state index is 0.0357. The van der Waals surface area contributed by atoms with E-state index in [4.69, 9.17) is 4.84 Å². The predicted molar refractivity (Wildman–Crippen MR) is 157 cm³/mol. The van der Waals surface area contributed by atoms with Gasteiger partial charge in [0.15, 0.2) is 9.84 Å². The number of nitriles is 1. The van der Waals surface area contributed by atoms with E-state index in [1.54, 1.807) is 63.2 Å². The van der Waals surface area contributed by atoms with Crippen molar-refractivity contribution in [2.24, 2.45) is 5.16 Å². The number of anilines is 1. The molecule has 0 saturated carbocycles. The van der Waals surface area contributed by atoms with Crippen LogP contribution in [0.3, 0.4) is 0 Å². The Hall–Kier alpha value is -4.19. The lowest BCUT2D eigenvalue weighted by Crippen LogP contribution is -2.49. The van der Waals surface area contributed by atoms with Gasteiger partial charge in [-0.2, -0.15) is 5.26 Å². The number of aromatic nitrogens is 2. The van der Waals surface area contributed by atoms with Gasteiger partial charge in [0.05, 0.1) is 22.2 Å². The Bertz CT molecular complexity index is 1790. The minimum Gasteiger partial charge on any atom is -0.377 e. The van der Waals surface area contributed by atoms with Crippen molar-refractivity contribution in [3.05, 3.63) is 72.1 Å². The number of carbonyl (C=O) groups is 1. The monoisotopic (exact) mass is 610 g/mol. The molecule has 1 aliphatic rings. The van der Waals surface area contributed by atoms with Crippen molar-refractivity contribution in [2.45, 2.75) is 50.2 Å². The molecule has 2 N–H and O–H groups in total. The molecule has 0 fully saturated rings. The number of hydrogen-bond donors (Lipinski definition) is 2. The molecule has 12 nitrogen and oxygen atoms in total. The van der Waals surface area contributed by atoms with Crippen molar-refractivity contribution in [1.82, 2.24) is 14.7 Å². The van der Waals surface area contributed by atoms with Gasteiger partial charge < -0.3 is 4.84 Å². The number of nitrogens with zero attached hydrogens (tertiary/aromatic N) is 4. The van der Waals surface area contributed by atoms with Gasteiger partial charge in [-0.15, -0.1) is 0 Å². The summed E-state index contributed by atoms with van der Waals surface area (Å²) in [5.41, 5.74) is -0.661. The van der Waals surface area contributed by atoms with E-state index < -0.39 is 42.7 Å². The fourth-order valence-electron chi connectivity index (χ4n) is 4.27. The molecule has 0 saturated heterocycles. The highest BCUT2D eigenvalue weighted by atomic mass is 32.2. The molecule has 2 aromatic carbocycles. The first-order valence-electron chi connectivity index (χ1n) is 12.9. The number of hydrogen-bond acceptors (Lipinski definition) is 10. The van der Waals surface area contributed by atoms with Gasteiger partial charge in [-0.1, -0.05) is 42.4 Å². The molecular formula is C28H30N6O6S2. The number of oxime groups is 1. The molecule has 1 aromatic heterocycles. The van der Waals surface area contributed by atoms with Gasteiger partial charge in [0, 0.05) is 46.8 Å². The van der Waals surface area contributed by atoms with Crippen LogP contribution in [0.15, 0.2) is 71.0 Å². The maximum atomic E-state index is 13.5. The summed E-state index contributed by atoms with van der Waals surface area (Å²) in [4.78, 5) is 27.4. The SMILES string of the molecule is CCS(=O)(=O)CC1(C(=O)Nc2ncc(-c3ccccc3S(=O)(=O)NC(C)(C)C)cn2)CC(c2cccc(C#N)c2)=NO1. The minimum atomic E-state index is -3.88. The Morgan fingerprint density at radius 1 is 1.05 bits per heavy atom. The van der Waals surface area contributed by atoms with Crippen LogP contribution in [-0.4, -0.2) is 61.1 Å². The lowest BCUT2D eigenvalue weighted by Gasteiger charge is -2.24. The smallest absolute Gasteiger partial charge is 0.275 e. The number of rotatable bonds is 9. The fourth-order valence-corrected chi connectivity index (χ4v) is 7.12. The van der Waals surface area contributed by atoms with E-state index in [1.165, 1.54) is 25.4 Å². The Morgan fingerprint density at radius 3 is 2.38 bits per heavy atom. The van der Waals surface area contributed by atoms with E-state index in [2.05, 4.69) is 25.2 Å². The maximum Gasteiger partial charge on any atom is 0.275 e. The van der Waals surface area contributed by atoms with E-state index in [1.807, 2.05) is 6.07 Å². The molecule has 0 spiro atoms. The lowest BCUT2D eigenvalue weighted by molar-refractivity contribution is -0.135. The summed E-state index contributed by atoms with van der Waals surface area (Å²) in [6.07, 6.45) is 2.54. The van der Waals surface area contributed by atoms with Gasteiger partial charge in [-0.05, 0) is 39.0 Å². The van der Waals surface area contributed by atoms with E-state index in [9.17, 15) is 26.9 Å². The number of sulfone groups is 1. The normalized spacial score (nSPS) is 17.2. The molecule has 42 heavy (non-hydrogen) atoms. The molecule has 1 aliphatic heterocycles. The molecule has 4 rings (SSSR count). The summed E-state index contributed by atoms with van der Waals surface area (Å²) in [6.45, 7) is 6.66. The van der Waals surface area contributed by atoms with Gasteiger partial charge in [0.1, 0.15) is 5.75 Å². The van der Waals surface area contributed by atoms with Gasteiger partial charge in [-0.3, -0.25) is 10.1 Å². The van der Waals surface area contributed by atoms with E-state index in [0.717, 1.165) is 0 Å². The quantitative estimate of drug-likeness (QED) is 0.368. The zero-order chi connectivity index (χ0) is 30.8. The number of nitrogens with one attached hydrogen (secondary N) is 2. The highest BCUT2D eigenvalue weighted by Gasteiger charge is 2.50. The third-order valence-corrected chi connectivity index (χ3v) is 9.82. The first-order chi connectivity index (χ1) is 19.7. The van der Waals surface area contributed by atoms with Crippen LogP contribution in [-0.2, 0) is 29.5 Å². The molecule has 0 radical (unpaired) electrons. The van der Waals surface area contributed by atoms with Crippen LogP contribution >= 0.6 is 0 Å². The average Bonchev–Trinajstić information content (AvgIpc) is 3.37. The summed E-state index contributed by atoms with van der Waals surface area (Å²) in [5, 5.41) is 15.7. The number of amides is 1. The molecule has 14 heteroatoms. The standard InChI is InChI=1S/C28H30N6O6S2/c1-5-41(36,37)18-28(14-23(33-40-28)20-10-8-9-19(13-20)15-29)25(35)32-26-30-16-21(17-31-26)22-11-6-7-12-24(22)42(38,39)34-27(2,3)4/h6-13,16-17,34H,5,14,18H2,1-4H3,(H,30,31,32,35). The second-order valence-electron chi connectivity index (χ2n) is 10.8. The first kappa shape index (κ1) is 30.8. The fraction of sp³-hybridized carbons (Fsp3) is 0.321. The zero-order valence-electron chi connectivity index (χ0n) is 23.4. The Labute approximate surface area is 244 Å². The van der Waals surface area contributed by atoms with Crippen molar-refractivity contribution >= 4 is 37.4 Å². The Morgan fingerprint density at radius 2 is 1.74 bits per heavy atom. The maximum absolute atomic E-state index is 13.5. The van der Waals surface area contributed by atoms with E-state index in [-0.39, 0.29) is 23.0 Å². The number of carbonyl (C=O) groups excluding carboxylic acids is 1. The van der Waals surface area contributed by atoms with Crippen LogP contribution in [0.1, 0.15) is 45.2 Å². The van der Waals surface area contributed by atoms with Gasteiger partial charge in [-0.25, -0.2) is 31.5 Å².